The largest absolute Gasteiger partial charge is 0.366 e. The molecule has 3 rings (SSSR count). The second-order valence-corrected chi connectivity index (χ2v) is 5.00. The van der Waals surface area contributed by atoms with Crippen LogP contribution in [0.2, 0.25) is 0 Å². The van der Waals surface area contributed by atoms with Gasteiger partial charge in [0.25, 0.3) is 11.8 Å². The number of primary amides is 1. The molecule has 2 aromatic rings. The van der Waals surface area contributed by atoms with Crippen molar-refractivity contribution in [1.82, 2.24) is 5.16 Å². The number of amides is 2. The van der Waals surface area contributed by atoms with Crippen molar-refractivity contribution in [2.45, 2.75) is 25.7 Å². The van der Waals surface area contributed by atoms with Crippen LogP contribution >= 0.6 is 0 Å². The van der Waals surface area contributed by atoms with Crippen LogP contribution in [0.4, 0.5) is 5.69 Å². The van der Waals surface area contributed by atoms with E-state index in [9.17, 15) is 9.59 Å². The zero-order valence-electron chi connectivity index (χ0n) is 11.4. The maximum Gasteiger partial charge on any atom is 0.278 e. The van der Waals surface area contributed by atoms with Crippen molar-refractivity contribution in [1.29, 1.82) is 0 Å². The molecule has 0 saturated carbocycles. The first-order valence-electron chi connectivity index (χ1n) is 6.84. The number of nitrogens with zero attached hydrogens (tertiary/aromatic N) is 1. The summed E-state index contributed by atoms with van der Waals surface area (Å²) in [7, 11) is 0. The van der Waals surface area contributed by atoms with Gasteiger partial charge in [0.15, 0.2) is 5.69 Å². The molecule has 1 aromatic heterocycles. The Labute approximate surface area is 121 Å². The highest BCUT2D eigenvalue weighted by atomic mass is 16.5. The molecule has 0 atom stereocenters. The van der Waals surface area contributed by atoms with Gasteiger partial charge in [0, 0.05) is 12.0 Å². The van der Waals surface area contributed by atoms with Crippen molar-refractivity contribution in [2.75, 3.05) is 5.32 Å². The highest BCUT2D eigenvalue weighted by Gasteiger charge is 2.24. The highest BCUT2D eigenvalue weighted by molar-refractivity contribution is 6.08. The van der Waals surface area contributed by atoms with Crippen LogP contribution in [0.1, 0.15) is 45.0 Å². The van der Waals surface area contributed by atoms with Crippen LogP contribution in [-0.2, 0) is 12.8 Å². The van der Waals surface area contributed by atoms with Gasteiger partial charge in [-0.05, 0) is 31.4 Å². The average molecular weight is 285 g/mol. The van der Waals surface area contributed by atoms with E-state index in [0.29, 0.717) is 11.4 Å². The number of aryl methyl sites for hydroxylation is 1. The number of benzene rings is 1. The lowest BCUT2D eigenvalue weighted by Gasteiger charge is -2.10. The number of anilines is 1. The fourth-order valence-corrected chi connectivity index (χ4v) is 2.55. The van der Waals surface area contributed by atoms with Crippen LogP contribution < -0.4 is 11.1 Å². The maximum absolute atomic E-state index is 12.3. The number of carbonyl (C=O) groups is 2. The SMILES string of the molecule is NC(=O)c1ccccc1NC(=O)c1noc2c1CCCC2. The summed E-state index contributed by atoms with van der Waals surface area (Å²) < 4.78 is 5.22. The van der Waals surface area contributed by atoms with Gasteiger partial charge in [0.2, 0.25) is 0 Å². The Morgan fingerprint density at radius 1 is 1.19 bits per heavy atom. The zero-order chi connectivity index (χ0) is 14.8. The molecule has 108 valence electrons. The molecule has 6 heteroatoms. The van der Waals surface area contributed by atoms with Gasteiger partial charge in [-0.2, -0.15) is 0 Å². The van der Waals surface area contributed by atoms with Crippen molar-refractivity contribution >= 4 is 17.5 Å². The van der Waals surface area contributed by atoms with Gasteiger partial charge in [-0.1, -0.05) is 17.3 Å². The summed E-state index contributed by atoms with van der Waals surface area (Å²) in [4.78, 5) is 23.7. The van der Waals surface area contributed by atoms with Gasteiger partial charge in [-0.15, -0.1) is 0 Å². The molecule has 0 fully saturated rings. The molecule has 0 bridgehead atoms. The number of para-hydroxylation sites is 1. The molecular formula is C15H15N3O3. The van der Waals surface area contributed by atoms with Gasteiger partial charge in [-0.25, -0.2) is 0 Å². The number of nitrogens with two attached hydrogens (primary N) is 1. The Hall–Kier alpha value is -2.63. The van der Waals surface area contributed by atoms with Crippen LogP contribution in [0.5, 0.6) is 0 Å². The first-order chi connectivity index (χ1) is 10.2. The van der Waals surface area contributed by atoms with E-state index in [1.807, 2.05) is 0 Å². The molecule has 0 saturated heterocycles. The minimum Gasteiger partial charge on any atom is -0.366 e. The van der Waals surface area contributed by atoms with Gasteiger partial charge in [0.05, 0.1) is 11.3 Å². The van der Waals surface area contributed by atoms with Gasteiger partial charge >= 0.3 is 0 Å². The van der Waals surface area contributed by atoms with E-state index in [1.165, 1.54) is 0 Å². The van der Waals surface area contributed by atoms with Crippen molar-refractivity contribution in [3.8, 4) is 0 Å². The molecule has 0 aliphatic heterocycles. The van der Waals surface area contributed by atoms with Crippen molar-refractivity contribution in [2.24, 2.45) is 5.73 Å². The maximum atomic E-state index is 12.3. The summed E-state index contributed by atoms with van der Waals surface area (Å²) >= 11 is 0. The number of rotatable bonds is 3. The molecule has 2 amide bonds. The van der Waals surface area contributed by atoms with Crippen molar-refractivity contribution in [3.05, 3.63) is 46.8 Å². The normalized spacial score (nSPS) is 13.5. The minimum absolute atomic E-state index is 0.267. The van der Waals surface area contributed by atoms with E-state index < -0.39 is 5.91 Å². The molecule has 1 aromatic carbocycles. The third-order valence-electron chi connectivity index (χ3n) is 3.61. The Kier molecular flexibility index (Phi) is 3.43. The molecule has 1 aliphatic rings. The summed E-state index contributed by atoms with van der Waals surface area (Å²) in [5.41, 5.74) is 7.11. The lowest BCUT2D eigenvalue weighted by atomic mass is 9.96. The monoisotopic (exact) mass is 285 g/mol. The molecular weight excluding hydrogens is 270 g/mol. The smallest absolute Gasteiger partial charge is 0.278 e. The summed E-state index contributed by atoms with van der Waals surface area (Å²) in [6, 6.07) is 6.61. The number of hydrogen-bond donors (Lipinski definition) is 2. The number of aromatic nitrogens is 1. The quantitative estimate of drug-likeness (QED) is 0.899. The van der Waals surface area contributed by atoms with Gasteiger partial charge in [-0.3, -0.25) is 9.59 Å². The summed E-state index contributed by atoms with van der Waals surface area (Å²) in [5.74, 6) is -0.182. The van der Waals surface area contributed by atoms with E-state index in [-0.39, 0.29) is 11.5 Å². The predicted octanol–water partition coefficient (Wildman–Crippen LogP) is 1.90. The second kappa shape index (κ2) is 5.40. The van der Waals surface area contributed by atoms with Crippen LogP contribution in [0.25, 0.3) is 0 Å². The van der Waals surface area contributed by atoms with E-state index >= 15 is 0 Å². The number of nitrogens with one attached hydrogen (secondary N) is 1. The van der Waals surface area contributed by atoms with Crippen LogP contribution in [0.3, 0.4) is 0 Å². The Morgan fingerprint density at radius 3 is 2.76 bits per heavy atom. The summed E-state index contributed by atoms with van der Waals surface area (Å²) in [6.45, 7) is 0. The molecule has 1 aliphatic carbocycles. The number of fused-ring (bicyclic) bond motifs is 1. The lowest BCUT2D eigenvalue weighted by Crippen LogP contribution is -2.19. The summed E-state index contributed by atoms with van der Waals surface area (Å²) in [5, 5.41) is 6.55. The van der Waals surface area contributed by atoms with Gasteiger partial charge < -0.3 is 15.6 Å². The average Bonchev–Trinajstić information content (AvgIpc) is 2.91. The molecule has 0 unspecified atom stereocenters. The fourth-order valence-electron chi connectivity index (χ4n) is 2.55. The predicted molar refractivity (Wildman–Crippen MR) is 76.1 cm³/mol. The molecule has 3 N–H and O–H groups in total. The Bertz CT molecular complexity index is 706. The lowest BCUT2D eigenvalue weighted by molar-refractivity contribution is 0.100. The zero-order valence-corrected chi connectivity index (χ0v) is 11.4. The molecule has 0 spiro atoms. The second-order valence-electron chi connectivity index (χ2n) is 5.00. The Morgan fingerprint density at radius 2 is 1.95 bits per heavy atom. The fraction of sp³-hybridized carbons (Fsp3) is 0.267. The number of hydrogen-bond acceptors (Lipinski definition) is 4. The van der Waals surface area contributed by atoms with Gasteiger partial charge in [0.1, 0.15) is 5.76 Å². The highest BCUT2D eigenvalue weighted by Crippen LogP contribution is 2.25. The first kappa shape index (κ1) is 13.4. The molecule has 21 heavy (non-hydrogen) atoms. The van der Waals surface area contributed by atoms with E-state index in [2.05, 4.69) is 10.5 Å². The van der Waals surface area contributed by atoms with E-state index in [4.69, 9.17) is 10.3 Å². The number of carbonyl (C=O) groups excluding carboxylic acids is 2. The topological polar surface area (TPSA) is 98.2 Å². The first-order valence-corrected chi connectivity index (χ1v) is 6.84. The van der Waals surface area contributed by atoms with Crippen molar-refractivity contribution in [3.63, 3.8) is 0 Å². The third kappa shape index (κ3) is 2.52. The standard InChI is InChI=1S/C15H15N3O3/c16-14(19)9-5-1-3-7-11(9)17-15(20)13-10-6-2-4-8-12(10)21-18-13/h1,3,5,7H,2,4,6,8H2,(H2,16,19)(H,17,20). The van der Waals surface area contributed by atoms with Crippen LogP contribution in [0, 0.1) is 0 Å². The third-order valence-corrected chi connectivity index (χ3v) is 3.61. The Balaban J connectivity index is 1.87. The van der Waals surface area contributed by atoms with Crippen LogP contribution in [-0.4, -0.2) is 17.0 Å². The van der Waals surface area contributed by atoms with E-state index in [1.54, 1.807) is 24.3 Å². The van der Waals surface area contributed by atoms with Crippen LogP contribution in [0.15, 0.2) is 28.8 Å². The molecule has 1 heterocycles. The minimum atomic E-state index is -0.590. The van der Waals surface area contributed by atoms with E-state index in [0.717, 1.165) is 37.0 Å². The molecule has 6 nitrogen and oxygen atoms in total. The van der Waals surface area contributed by atoms with Crippen molar-refractivity contribution < 1.29 is 14.1 Å². The summed E-state index contributed by atoms with van der Waals surface area (Å²) in [6.07, 6.45) is 3.67. The molecule has 0 radical (unpaired) electrons.